The van der Waals surface area contributed by atoms with Crippen LogP contribution in [0.5, 0.6) is 0 Å². The first-order chi connectivity index (χ1) is 5.11. The van der Waals surface area contributed by atoms with Crippen LogP contribution in [0.15, 0.2) is 0 Å². The zero-order valence-corrected chi connectivity index (χ0v) is 7.80. The molecule has 74 valence electrons. The highest BCUT2D eigenvalue weighted by Gasteiger charge is 2.27. The summed E-state index contributed by atoms with van der Waals surface area (Å²) in [6, 6.07) is 0. The Morgan fingerprint density at radius 1 is 1.42 bits per heavy atom. The predicted molar refractivity (Wildman–Crippen MR) is 46.0 cm³/mol. The van der Waals surface area contributed by atoms with Crippen molar-refractivity contribution in [1.29, 1.82) is 0 Å². The summed E-state index contributed by atoms with van der Waals surface area (Å²) >= 11 is 0. The fourth-order valence-corrected chi connectivity index (χ4v) is 1.27. The minimum atomic E-state index is -1.03. The maximum absolute atomic E-state index is 12.6. The monoisotopic (exact) mass is 199 g/mol. The van der Waals surface area contributed by atoms with E-state index in [2.05, 4.69) is 0 Å². The van der Waals surface area contributed by atoms with Crippen LogP contribution in [0.25, 0.3) is 0 Å². The molecule has 12 heavy (non-hydrogen) atoms. The Hall–Kier alpha value is 0.1000. The number of likely N-dealkylation sites (tertiary alicyclic amines) is 1. The first-order valence-corrected chi connectivity index (χ1v) is 3.85. The number of nitrogens with zero attached hydrogens (tertiary/aromatic N) is 1. The summed E-state index contributed by atoms with van der Waals surface area (Å²) < 4.78 is 12.6. The topological polar surface area (TPSA) is 43.7 Å². The molecule has 2 N–H and O–H groups in total. The highest BCUT2D eigenvalue weighted by atomic mass is 35.5. The number of alkyl halides is 1. The Labute approximate surface area is 77.6 Å². The number of aliphatic hydroxyl groups excluding tert-OH is 2. The summed E-state index contributed by atoms with van der Waals surface area (Å²) in [6.07, 6.45) is -2.04. The minimum Gasteiger partial charge on any atom is -0.390 e. The Bertz CT molecular complexity index is 137. The van der Waals surface area contributed by atoms with E-state index in [-0.39, 0.29) is 19.0 Å². The molecule has 1 aliphatic rings. The van der Waals surface area contributed by atoms with E-state index in [0.717, 1.165) is 0 Å². The van der Waals surface area contributed by atoms with Crippen LogP contribution in [0.3, 0.4) is 0 Å². The van der Waals surface area contributed by atoms with Gasteiger partial charge in [0.1, 0.15) is 0 Å². The van der Waals surface area contributed by atoms with Gasteiger partial charge in [-0.2, -0.15) is 0 Å². The van der Waals surface area contributed by atoms with E-state index in [1.54, 1.807) is 0 Å². The largest absolute Gasteiger partial charge is 0.390 e. The number of rotatable bonds is 1. The fourth-order valence-electron chi connectivity index (χ4n) is 1.27. The SMILES string of the molecule is C[C@@H](F)N1CCC(O)C(O)C1.Cl. The number of piperidine rings is 1. The number of β-amino-alcohol motifs (C(OH)–C–C–N with tert-alkyl or cyclic N) is 1. The highest BCUT2D eigenvalue weighted by Crippen LogP contribution is 2.13. The number of hydrogen-bond donors (Lipinski definition) is 2. The molecule has 3 nitrogen and oxygen atoms in total. The third-order valence-electron chi connectivity index (χ3n) is 2.08. The van der Waals surface area contributed by atoms with E-state index in [1.165, 1.54) is 11.8 Å². The molecule has 0 aromatic rings. The van der Waals surface area contributed by atoms with E-state index < -0.39 is 18.5 Å². The normalized spacial score (nSPS) is 34.0. The first-order valence-electron chi connectivity index (χ1n) is 3.85. The van der Waals surface area contributed by atoms with Crippen molar-refractivity contribution in [1.82, 2.24) is 4.90 Å². The second kappa shape index (κ2) is 4.97. The van der Waals surface area contributed by atoms with Crippen molar-refractivity contribution in [3.63, 3.8) is 0 Å². The lowest BCUT2D eigenvalue weighted by Crippen LogP contribution is -2.48. The van der Waals surface area contributed by atoms with Gasteiger partial charge in [-0.1, -0.05) is 0 Å². The van der Waals surface area contributed by atoms with Gasteiger partial charge in [0, 0.05) is 13.1 Å². The summed E-state index contributed by atoms with van der Waals surface area (Å²) in [5.41, 5.74) is 0. The zero-order valence-electron chi connectivity index (χ0n) is 6.98. The van der Waals surface area contributed by atoms with Crippen molar-refractivity contribution in [3.05, 3.63) is 0 Å². The molecular formula is C7H15ClFNO2. The van der Waals surface area contributed by atoms with Crippen molar-refractivity contribution in [2.45, 2.75) is 31.8 Å². The molecule has 1 rings (SSSR count). The lowest BCUT2D eigenvalue weighted by atomic mass is 10.1. The molecule has 1 saturated heterocycles. The van der Waals surface area contributed by atoms with E-state index >= 15 is 0 Å². The standard InChI is InChI=1S/C7H14FNO2.ClH/c1-5(8)9-3-2-6(10)7(11)4-9;/h5-7,10-11H,2-4H2,1H3;1H/t5-,6?,7?;/m0./s1. The third kappa shape index (κ3) is 2.86. The second-order valence-electron chi connectivity index (χ2n) is 2.99. The number of aliphatic hydroxyl groups is 2. The second-order valence-corrected chi connectivity index (χ2v) is 2.99. The van der Waals surface area contributed by atoms with E-state index in [9.17, 15) is 4.39 Å². The first kappa shape index (κ1) is 12.1. The maximum atomic E-state index is 12.6. The molecule has 0 radical (unpaired) electrons. The van der Waals surface area contributed by atoms with Crippen molar-refractivity contribution >= 4 is 12.4 Å². The van der Waals surface area contributed by atoms with E-state index in [4.69, 9.17) is 10.2 Å². The van der Waals surface area contributed by atoms with Crippen LogP contribution in [0.2, 0.25) is 0 Å². The molecule has 3 atom stereocenters. The van der Waals surface area contributed by atoms with Crippen molar-refractivity contribution in [2.75, 3.05) is 13.1 Å². The average Bonchev–Trinajstić information content (AvgIpc) is 1.94. The number of halogens is 2. The molecule has 1 heterocycles. The van der Waals surface area contributed by atoms with Crippen molar-refractivity contribution in [3.8, 4) is 0 Å². The lowest BCUT2D eigenvalue weighted by molar-refractivity contribution is -0.0646. The van der Waals surface area contributed by atoms with Gasteiger partial charge in [-0.15, -0.1) is 12.4 Å². The molecule has 1 fully saturated rings. The Kier molecular flexibility index (Phi) is 5.01. The molecule has 0 spiro atoms. The molecule has 0 aliphatic carbocycles. The van der Waals surface area contributed by atoms with Crippen LogP contribution in [-0.2, 0) is 0 Å². The predicted octanol–water partition coefficient (Wildman–Crippen LogP) is 0.151. The number of hydrogen-bond acceptors (Lipinski definition) is 3. The van der Waals surface area contributed by atoms with Gasteiger partial charge in [-0.3, -0.25) is 4.90 Å². The summed E-state index contributed by atoms with van der Waals surface area (Å²) in [6.45, 7) is 2.19. The molecule has 0 bridgehead atoms. The van der Waals surface area contributed by atoms with Crippen LogP contribution in [0.4, 0.5) is 4.39 Å². The van der Waals surface area contributed by atoms with Gasteiger partial charge in [0.15, 0.2) is 6.30 Å². The van der Waals surface area contributed by atoms with Gasteiger partial charge >= 0.3 is 0 Å². The summed E-state index contributed by atoms with van der Waals surface area (Å²) in [7, 11) is 0. The van der Waals surface area contributed by atoms with E-state index in [1.807, 2.05) is 0 Å². The van der Waals surface area contributed by atoms with Gasteiger partial charge < -0.3 is 10.2 Å². The van der Waals surface area contributed by atoms with Crippen LogP contribution in [0.1, 0.15) is 13.3 Å². The van der Waals surface area contributed by atoms with Gasteiger partial charge in [-0.05, 0) is 13.3 Å². The summed E-state index contributed by atoms with van der Waals surface area (Å²) in [4.78, 5) is 1.51. The van der Waals surface area contributed by atoms with Crippen molar-refractivity contribution < 1.29 is 14.6 Å². The third-order valence-corrected chi connectivity index (χ3v) is 2.08. The van der Waals surface area contributed by atoms with Crippen LogP contribution in [-0.4, -0.2) is 46.7 Å². The van der Waals surface area contributed by atoms with Crippen LogP contribution >= 0.6 is 12.4 Å². The molecule has 0 saturated carbocycles. The zero-order chi connectivity index (χ0) is 8.43. The smallest absolute Gasteiger partial charge is 0.150 e. The van der Waals surface area contributed by atoms with Crippen LogP contribution in [0, 0.1) is 0 Å². The van der Waals surface area contributed by atoms with Crippen LogP contribution < -0.4 is 0 Å². The molecule has 0 aromatic carbocycles. The Balaban J connectivity index is 0.00000121. The van der Waals surface area contributed by atoms with Gasteiger partial charge in [-0.25, -0.2) is 4.39 Å². The average molecular weight is 200 g/mol. The fraction of sp³-hybridized carbons (Fsp3) is 1.00. The molecule has 1 aliphatic heterocycles. The van der Waals surface area contributed by atoms with Gasteiger partial charge in [0.25, 0.3) is 0 Å². The molecule has 0 aromatic heterocycles. The summed E-state index contributed by atoms with van der Waals surface area (Å²) in [5, 5.41) is 18.2. The Morgan fingerprint density at radius 3 is 2.42 bits per heavy atom. The molecule has 0 amide bonds. The van der Waals surface area contributed by atoms with Gasteiger partial charge in [0.05, 0.1) is 12.2 Å². The van der Waals surface area contributed by atoms with Gasteiger partial charge in [0.2, 0.25) is 0 Å². The highest BCUT2D eigenvalue weighted by molar-refractivity contribution is 5.85. The maximum Gasteiger partial charge on any atom is 0.150 e. The summed E-state index contributed by atoms with van der Waals surface area (Å²) in [5.74, 6) is 0. The van der Waals surface area contributed by atoms with E-state index in [0.29, 0.717) is 13.0 Å². The quantitative estimate of drug-likeness (QED) is 0.591. The van der Waals surface area contributed by atoms with Crippen molar-refractivity contribution in [2.24, 2.45) is 0 Å². The molecule has 2 unspecified atom stereocenters. The molecular weight excluding hydrogens is 185 g/mol. The lowest BCUT2D eigenvalue weighted by Gasteiger charge is -2.33. The minimum absolute atomic E-state index is 0. The molecule has 5 heteroatoms. The Morgan fingerprint density at radius 2 is 2.00 bits per heavy atom.